The quantitative estimate of drug-likeness (QED) is 0.653. The maximum absolute atomic E-state index is 11.9. The minimum Gasteiger partial charge on any atom is -0.508 e. The van der Waals surface area contributed by atoms with Gasteiger partial charge in [0.25, 0.3) is 0 Å². The number of rotatable bonds is 3. The van der Waals surface area contributed by atoms with Gasteiger partial charge in [0.2, 0.25) is 0 Å². The third-order valence-corrected chi connectivity index (χ3v) is 2.99. The average Bonchev–Trinajstić information content (AvgIpc) is 2.77. The van der Waals surface area contributed by atoms with Crippen LogP contribution in [-0.2, 0) is 0 Å². The molecule has 16 heavy (non-hydrogen) atoms. The summed E-state index contributed by atoms with van der Waals surface area (Å²) in [6.45, 7) is 0. The third kappa shape index (κ3) is 2.01. The van der Waals surface area contributed by atoms with Crippen molar-refractivity contribution < 1.29 is 14.7 Å². The van der Waals surface area contributed by atoms with E-state index in [4.69, 9.17) is 5.11 Å². The highest BCUT2D eigenvalue weighted by molar-refractivity contribution is 7.12. The van der Waals surface area contributed by atoms with Crippen LogP contribution < -0.4 is 0 Å². The first kappa shape index (κ1) is 10.6. The number of hydrogen-bond donors (Lipinski definition) is 1. The highest BCUT2D eigenvalue weighted by Gasteiger charge is 2.10. The van der Waals surface area contributed by atoms with Crippen molar-refractivity contribution >= 4 is 23.4 Å². The van der Waals surface area contributed by atoms with Crippen molar-refractivity contribution in [2.24, 2.45) is 0 Å². The topological polar surface area (TPSA) is 54.4 Å². The summed E-state index contributed by atoms with van der Waals surface area (Å²) in [6.07, 6.45) is 0.721. The summed E-state index contributed by atoms with van der Waals surface area (Å²) in [6, 6.07) is 7.58. The van der Waals surface area contributed by atoms with Gasteiger partial charge in [-0.2, -0.15) is 0 Å². The van der Waals surface area contributed by atoms with Crippen molar-refractivity contribution in [2.75, 3.05) is 0 Å². The lowest BCUT2D eigenvalue weighted by molar-refractivity contribution is 0.103. The normalized spacial score (nSPS) is 10.0. The largest absolute Gasteiger partial charge is 0.508 e. The van der Waals surface area contributed by atoms with E-state index in [1.54, 1.807) is 23.6 Å². The number of phenolic OH excluding ortho intramolecular Hbond substituents is 1. The van der Waals surface area contributed by atoms with Crippen molar-refractivity contribution in [1.82, 2.24) is 0 Å². The Hall–Kier alpha value is -1.94. The van der Waals surface area contributed by atoms with Gasteiger partial charge in [-0.3, -0.25) is 9.59 Å². The van der Waals surface area contributed by atoms with E-state index >= 15 is 0 Å². The van der Waals surface area contributed by atoms with Gasteiger partial charge in [0.05, 0.1) is 4.88 Å². The maximum Gasteiger partial charge on any atom is 0.193 e. The second kappa shape index (κ2) is 4.28. The Morgan fingerprint density at radius 1 is 1.19 bits per heavy atom. The molecular formula is C12H8O3S. The molecule has 0 aliphatic carbocycles. The number of carbonyl (C=O) groups excluding carboxylic acids is 2. The SMILES string of the molecule is O=Cc1cc(C(=O)c2ccc(O)cc2)cs1. The fourth-order valence-electron chi connectivity index (χ4n) is 1.31. The number of thiophene rings is 1. The Balaban J connectivity index is 2.31. The molecule has 0 atom stereocenters. The number of benzene rings is 1. The number of phenols is 1. The second-order valence-electron chi connectivity index (χ2n) is 3.23. The number of carbonyl (C=O) groups is 2. The van der Waals surface area contributed by atoms with Gasteiger partial charge < -0.3 is 5.11 Å². The minimum absolute atomic E-state index is 0.121. The summed E-state index contributed by atoms with van der Waals surface area (Å²) in [4.78, 5) is 22.9. The van der Waals surface area contributed by atoms with Crippen LogP contribution in [0.3, 0.4) is 0 Å². The zero-order valence-corrected chi connectivity index (χ0v) is 9.03. The smallest absolute Gasteiger partial charge is 0.193 e. The Bertz CT molecular complexity index is 525. The summed E-state index contributed by atoms with van der Waals surface area (Å²) < 4.78 is 0. The van der Waals surface area contributed by atoms with Gasteiger partial charge in [0.1, 0.15) is 5.75 Å². The van der Waals surface area contributed by atoms with Crippen LogP contribution in [0.5, 0.6) is 5.75 Å². The number of aldehydes is 1. The molecule has 0 aliphatic heterocycles. The highest BCUT2D eigenvalue weighted by atomic mass is 32.1. The average molecular weight is 232 g/mol. The minimum atomic E-state index is -0.149. The van der Waals surface area contributed by atoms with E-state index in [1.807, 2.05) is 0 Å². The van der Waals surface area contributed by atoms with Gasteiger partial charge in [-0.25, -0.2) is 0 Å². The van der Waals surface area contributed by atoms with E-state index < -0.39 is 0 Å². The van der Waals surface area contributed by atoms with Crippen LogP contribution in [0.2, 0.25) is 0 Å². The molecule has 0 saturated heterocycles. The Morgan fingerprint density at radius 3 is 2.44 bits per heavy atom. The van der Waals surface area contributed by atoms with Crippen molar-refractivity contribution in [1.29, 1.82) is 0 Å². The predicted octanol–water partition coefficient (Wildman–Crippen LogP) is 2.50. The Labute approximate surface area is 96.0 Å². The molecule has 4 heteroatoms. The summed E-state index contributed by atoms with van der Waals surface area (Å²) in [5.41, 5.74) is 0.992. The standard InChI is InChI=1S/C12H8O3S/c13-6-11-5-9(7-16-11)12(15)8-1-3-10(14)4-2-8/h1-7,14H. The predicted molar refractivity (Wildman–Crippen MR) is 61.2 cm³/mol. The fourth-order valence-corrected chi connectivity index (χ4v) is 2.00. The van der Waals surface area contributed by atoms with Crippen LogP contribution in [0, 0.1) is 0 Å². The van der Waals surface area contributed by atoms with Crippen LogP contribution in [0.4, 0.5) is 0 Å². The number of ketones is 1. The van der Waals surface area contributed by atoms with Gasteiger partial charge in [-0.15, -0.1) is 11.3 Å². The molecule has 1 aromatic heterocycles. The van der Waals surface area contributed by atoms with Gasteiger partial charge in [0.15, 0.2) is 12.1 Å². The monoisotopic (exact) mass is 232 g/mol. The molecule has 0 saturated carbocycles. The molecule has 3 nitrogen and oxygen atoms in total. The summed E-state index contributed by atoms with van der Waals surface area (Å²) >= 11 is 1.24. The van der Waals surface area contributed by atoms with Crippen molar-refractivity contribution in [3.63, 3.8) is 0 Å². The molecule has 0 bridgehead atoms. The van der Waals surface area contributed by atoms with E-state index in [0.29, 0.717) is 16.0 Å². The first-order chi connectivity index (χ1) is 7.70. The van der Waals surface area contributed by atoms with Crippen LogP contribution in [0.15, 0.2) is 35.7 Å². The maximum atomic E-state index is 11.9. The van der Waals surface area contributed by atoms with Crippen LogP contribution in [-0.4, -0.2) is 17.2 Å². The van der Waals surface area contributed by atoms with Crippen LogP contribution in [0.1, 0.15) is 25.6 Å². The fraction of sp³-hybridized carbons (Fsp3) is 0. The van der Waals surface area contributed by atoms with Gasteiger partial charge in [0, 0.05) is 16.5 Å². The molecule has 2 rings (SSSR count). The lowest BCUT2D eigenvalue weighted by Crippen LogP contribution is -1.98. The highest BCUT2D eigenvalue weighted by Crippen LogP contribution is 2.18. The van der Waals surface area contributed by atoms with E-state index in [0.717, 1.165) is 6.29 Å². The number of hydrogen-bond acceptors (Lipinski definition) is 4. The van der Waals surface area contributed by atoms with Crippen molar-refractivity contribution in [3.8, 4) is 5.75 Å². The summed E-state index contributed by atoms with van der Waals surface area (Å²) in [5, 5.41) is 10.7. The molecule has 0 aliphatic rings. The molecule has 0 spiro atoms. The van der Waals surface area contributed by atoms with E-state index in [1.165, 1.54) is 23.5 Å². The first-order valence-corrected chi connectivity index (χ1v) is 5.46. The number of aromatic hydroxyl groups is 1. The van der Waals surface area contributed by atoms with Gasteiger partial charge >= 0.3 is 0 Å². The third-order valence-electron chi connectivity index (χ3n) is 2.13. The second-order valence-corrected chi connectivity index (χ2v) is 4.17. The molecule has 0 amide bonds. The molecule has 80 valence electrons. The molecule has 1 heterocycles. The molecular weight excluding hydrogens is 224 g/mol. The molecule has 1 N–H and O–H groups in total. The lowest BCUT2D eigenvalue weighted by Gasteiger charge is -1.98. The molecule has 2 aromatic rings. The van der Waals surface area contributed by atoms with E-state index in [-0.39, 0.29) is 11.5 Å². The molecule has 1 aromatic carbocycles. The summed E-state index contributed by atoms with van der Waals surface area (Å²) in [5.74, 6) is -0.0280. The van der Waals surface area contributed by atoms with Crippen molar-refractivity contribution in [3.05, 3.63) is 51.7 Å². The lowest BCUT2D eigenvalue weighted by atomic mass is 10.1. The van der Waals surface area contributed by atoms with Crippen molar-refractivity contribution in [2.45, 2.75) is 0 Å². The zero-order valence-electron chi connectivity index (χ0n) is 8.21. The molecule has 0 fully saturated rings. The Kier molecular flexibility index (Phi) is 2.83. The van der Waals surface area contributed by atoms with Gasteiger partial charge in [-0.1, -0.05) is 0 Å². The first-order valence-electron chi connectivity index (χ1n) is 4.58. The van der Waals surface area contributed by atoms with E-state index in [2.05, 4.69) is 0 Å². The van der Waals surface area contributed by atoms with E-state index in [9.17, 15) is 9.59 Å². The van der Waals surface area contributed by atoms with Crippen LogP contribution >= 0.6 is 11.3 Å². The zero-order chi connectivity index (χ0) is 11.5. The van der Waals surface area contributed by atoms with Crippen LogP contribution in [0.25, 0.3) is 0 Å². The molecule has 0 unspecified atom stereocenters. The molecule has 0 radical (unpaired) electrons. The summed E-state index contributed by atoms with van der Waals surface area (Å²) in [7, 11) is 0. The Morgan fingerprint density at radius 2 is 1.88 bits per heavy atom. The van der Waals surface area contributed by atoms with Gasteiger partial charge in [-0.05, 0) is 30.3 Å².